The number of aliphatic imine (C=N–C) groups is 1. The molecule has 1 atom stereocenters. The first kappa shape index (κ1) is 19.7. The number of nitrogens with one attached hydrogen (secondary N) is 1. The van der Waals surface area contributed by atoms with Crippen molar-refractivity contribution in [2.24, 2.45) is 4.99 Å². The molecule has 0 spiro atoms. The summed E-state index contributed by atoms with van der Waals surface area (Å²) in [5.41, 5.74) is 4.03. The van der Waals surface area contributed by atoms with Crippen LogP contribution in [-0.4, -0.2) is 42.5 Å². The van der Waals surface area contributed by atoms with Crippen molar-refractivity contribution >= 4 is 29.9 Å². The van der Waals surface area contributed by atoms with Crippen molar-refractivity contribution in [1.82, 2.24) is 15.2 Å². The lowest BCUT2D eigenvalue weighted by atomic mass is 9.99. The Morgan fingerprint density at radius 1 is 1.28 bits per heavy atom. The maximum atomic E-state index is 4.47. The van der Waals surface area contributed by atoms with E-state index >= 15 is 0 Å². The molecule has 5 heteroatoms. The summed E-state index contributed by atoms with van der Waals surface area (Å²) in [5, 5.41) is 3.51. The van der Waals surface area contributed by atoms with Crippen molar-refractivity contribution in [3.8, 4) is 0 Å². The quantitative estimate of drug-likeness (QED) is 0.440. The van der Waals surface area contributed by atoms with Gasteiger partial charge in [0.1, 0.15) is 0 Å². The molecule has 25 heavy (non-hydrogen) atoms. The smallest absolute Gasteiger partial charge is 0.193 e. The Morgan fingerprint density at radius 2 is 2.08 bits per heavy atom. The van der Waals surface area contributed by atoms with Crippen LogP contribution in [0.5, 0.6) is 0 Å². The molecule has 1 saturated heterocycles. The molecule has 2 aromatic rings. The number of hydrogen-bond acceptors (Lipinski definition) is 2. The summed E-state index contributed by atoms with van der Waals surface area (Å²) in [5.74, 6) is 1.62. The first-order chi connectivity index (χ1) is 11.8. The van der Waals surface area contributed by atoms with Crippen LogP contribution in [0.15, 0.2) is 53.8 Å². The second kappa shape index (κ2) is 9.75. The van der Waals surface area contributed by atoms with Gasteiger partial charge in [-0.1, -0.05) is 30.3 Å². The maximum absolute atomic E-state index is 4.47. The van der Waals surface area contributed by atoms with Gasteiger partial charge in [-0.3, -0.25) is 9.98 Å². The van der Waals surface area contributed by atoms with E-state index in [4.69, 9.17) is 0 Å². The zero-order chi connectivity index (χ0) is 16.8. The van der Waals surface area contributed by atoms with E-state index in [1.54, 1.807) is 0 Å². The number of guanidine groups is 1. The minimum Gasteiger partial charge on any atom is -0.356 e. The van der Waals surface area contributed by atoms with Gasteiger partial charge in [-0.25, -0.2) is 0 Å². The van der Waals surface area contributed by atoms with E-state index < -0.39 is 0 Å². The largest absolute Gasteiger partial charge is 0.356 e. The lowest BCUT2D eigenvalue weighted by molar-refractivity contribution is 0.486. The Balaban J connectivity index is 0.00000225. The van der Waals surface area contributed by atoms with Gasteiger partial charge in [-0.15, -0.1) is 24.0 Å². The van der Waals surface area contributed by atoms with Crippen LogP contribution in [0, 0.1) is 6.92 Å². The first-order valence-corrected chi connectivity index (χ1v) is 8.68. The zero-order valence-corrected chi connectivity index (χ0v) is 17.3. The molecule has 1 aliphatic rings. The summed E-state index contributed by atoms with van der Waals surface area (Å²) in [6.45, 7) is 5.11. The van der Waals surface area contributed by atoms with Crippen LogP contribution in [0.3, 0.4) is 0 Å². The summed E-state index contributed by atoms with van der Waals surface area (Å²) in [6.07, 6.45) is 5.97. The standard InChI is InChI=1S/C20H26N4.HI/c1-16-14-22-11-8-17(16)9-12-23-20(21-2)24-13-10-19(15-24)18-6-4-3-5-7-18;/h3-8,11,14,19H,9-10,12-13,15H2,1-2H3,(H,21,23);1H. The molecular weight excluding hydrogens is 423 g/mol. The van der Waals surface area contributed by atoms with Gasteiger partial charge in [0.15, 0.2) is 5.96 Å². The summed E-state index contributed by atoms with van der Waals surface area (Å²) in [6, 6.07) is 12.9. The van der Waals surface area contributed by atoms with Crippen LogP contribution < -0.4 is 5.32 Å². The van der Waals surface area contributed by atoms with Crippen LogP contribution in [0.4, 0.5) is 0 Å². The number of pyridine rings is 1. The Labute approximate surface area is 167 Å². The number of hydrogen-bond donors (Lipinski definition) is 1. The highest BCUT2D eigenvalue weighted by Gasteiger charge is 2.25. The molecule has 4 nitrogen and oxygen atoms in total. The molecule has 0 saturated carbocycles. The number of aromatic nitrogens is 1. The van der Waals surface area contributed by atoms with E-state index in [1.165, 1.54) is 23.1 Å². The summed E-state index contributed by atoms with van der Waals surface area (Å²) < 4.78 is 0. The molecule has 0 radical (unpaired) electrons. The van der Waals surface area contributed by atoms with Crippen molar-refractivity contribution in [1.29, 1.82) is 0 Å². The normalized spacial score (nSPS) is 17.3. The van der Waals surface area contributed by atoms with E-state index in [-0.39, 0.29) is 24.0 Å². The molecule has 0 bridgehead atoms. The van der Waals surface area contributed by atoms with E-state index in [1.807, 2.05) is 19.4 Å². The summed E-state index contributed by atoms with van der Waals surface area (Å²) in [7, 11) is 1.87. The van der Waals surface area contributed by atoms with Gasteiger partial charge in [0, 0.05) is 45.0 Å². The molecule has 0 aliphatic carbocycles. The fraction of sp³-hybridized carbons (Fsp3) is 0.400. The molecule has 134 valence electrons. The third kappa shape index (κ3) is 5.17. The fourth-order valence-electron chi connectivity index (χ4n) is 3.37. The number of nitrogens with zero attached hydrogens (tertiary/aromatic N) is 3. The summed E-state index contributed by atoms with van der Waals surface area (Å²) >= 11 is 0. The first-order valence-electron chi connectivity index (χ1n) is 8.68. The third-order valence-electron chi connectivity index (χ3n) is 4.78. The SMILES string of the molecule is CN=C(NCCc1ccncc1C)N1CCC(c2ccccc2)C1.I. The number of halogens is 1. The van der Waals surface area contributed by atoms with E-state index in [0.29, 0.717) is 5.92 Å². The predicted molar refractivity (Wildman–Crippen MR) is 115 cm³/mol. The van der Waals surface area contributed by atoms with Crippen molar-refractivity contribution in [2.45, 2.75) is 25.7 Å². The van der Waals surface area contributed by atoms with Crippen LogP contribution in [0.2, 0.25) is 0 Å². The van der Waals surface area contributed by atoms with Gasteiger partial charge < -0.3 is 10.2 Å². The number of benzene rings is 1. The van der Waals surface area contributed by atoms with Gasteiger partial charge in [0.25, 0.3) is 0 Å². The number of rotatable bonds is 4. The zero-order valence-electron chi connectivity index (χ0n) is 15.0. The third-order valence-corrected chi connectivity index (χ3v) is 4.78. The van der Waals surface area contributed by atoms with Gasteiger partial charge in [-0.2, -0.15) is 0 Å². The van der Waals surface area contributed by atoms with Gasteiger partial charge in [0.2, 0.25) is 0 Å². The van der Waals surface area contributed by atoms with Gasteiger partial charge in [0.05, 0.1) is 0 Å². The summed E-state index contributed by atoms with van der Waals surface area (Å²) in [4.78, 5) is 11.0. The Hall–Kier alpha value is -1.63. The molecule has 1 aliphatic heterocycles. The lowest BCUT2D eigenvalue weighted by Crippen LogP contribution is -2.40. The van der Waals surface area contributed by atoms with Crippen LogP contribution in [-0.2, 0) is 6.42 Å². The topological polar surface area (TPSA) is 40.5 Å². The van der Waals surface area contributed by atoms with Crippen LogP contribution in [0.1, 0.15) is 29.0 Å². The van der Waals surface area contributed by atoms with Gasteiger partial charge >= 0.3 is 0 Å². The minimum absolute atomic E-state index is 0. The molecule has 3 rings (SSSR count). The monoisotopic (exact) mass is 450 g/mol. The number of aryl methyl sites for hydroxylation is 1. The molecule has 2 heterocycles. The van der Waals surface area contributed by atoms with Crippen molar-refractivity contribution in [3.05, 3.63) is 65.5 Å². The second-order valence-electron chi connectivity index (χ2n) is 6.37. The highest BCUT2D eigenvalue weighted by molar-refractivity contribution is 14.0. The molecule has 1 fully saturated rings. The number of likely N-dealkylation sites (tertiary alicyclic amines) is 1. The molecule has 1 aromatic carbocycles. The van der Waals surface area contributed by atoms with Crippen LogP contribution in [0.25, 0.3) is 0 Å². The highest BCUT2D eigenvalue weighted by Crippen LogP contribution is 2.26. The fourth-order valence-corrected chi connectivity index (χ4v) is 3.37. The van der Waals surface area contributed by atoms with Crippen molar-refractivity contribution in [3.63, 3.8) is 0 Å². The second-order valence-corrected chi connectivity index (χ2v) is 6.37. The van der Waals surface area contributed by atoms with Crippen molar-refractivity contribution < 1.29 is 0 Å². The average Bonchev–Trinajstić information content (AvgIpc) is 3.11. The van der Waals surface area contributed by atoms with Gasteiger partial charge in [-0.05, 0) is 42.5 Å². The molecular formula is C20H27IN4. The molecule has 1 aromatic heterocycles. The Bertz CT molecular complexity index is 687. The van der Waals surface area contributed by atoms with E-state index in [2.05, 4.69) is 63.5 Å². The van der Waals surface area contributed by atoms with E-state index in [0.717, 1.165) is 32.0 Å². The van der Waals surface area contributed by atoms with E-state index in [9.17, 15) is 0 Å². The Morgan fingerprint density at radius 3 is 2.80 bits per heavy atom. The average molecular weight is 450 g/mol. The lowest BCUT2D eigenvalue weighted by Gasteiger charge is -2.22. The molecule has 1 unspecified atom stereocenters. The molecule has 1 N–H and O–H groups in total. The Kier molecular flexibility index (Phi) is 7.68. The highest BCUT2D eigenvalue weighted by atomic mass is 127. The molecule has 0 amide bonds. The minimum atomic E-state index is 0. The predicted octanol–water partition coefficient (Wildman–Crippen LogP) is 3.62. The maximum Gasteiger partial charge on any atom is 0.193 e. The van der Waals surface area contributed by atoms with Crippen LogP contribution >= 0.6 is 24.0 Å². The van der Waals surface area contributed by atoms with Crippen molar-refractivity contribution in [2.75, 3.05) is 26.7 Å².